The molecule has 0 heterocycles. The molecule has 0 spiro atoms. The van der Waals surface area contributed by atoms with Crippen molar-refractivity contribution in [2.75, 3.05) is 13.2 Å². The molecule has 0 saturated carbocycles. The number of ether oxygens (including phenoxy) is 2. The molecule has 0 aromatic heterocycles. The highest BCUT2D eigenvalue weighted by atomic mass is 16.5. The van der Waals surface area contributed by atoms with Crippen LogP contribution in [-0.2, 0) is 4.74 Å². The van der Waals surface area contributed by atoms with E-state index in [0.29, 0.717) is 12.2 Å². The second kappa shape index (κ2) is 10.3. The molecule has 0 bridgehead atoms. The molecule has 0 unspecified atom stereocenters. The summed E-state index contributed by atoms with van der Waals surface area (Å²) in [6.45, 7) is 7.05. The van der Waals surface area contributed by atoms with Gasteiger partial charge in [-0.05, 0) is 37.1 Å². The van der Waals surface area contributed by atoms with Gasteiger partial charge in [-0.2, -0.15) is 0 Å². The predicted octanol–water partition coefficient (Wildman–Crippen LogP) is 4.42. The fourth-order valence-corrected chi connectivity index (χ4v) is 1.76. The molecule has 3 heteroatoms. The van der Waals surface area contributed by atoms with E-state index in [1.807, 2.05) is 12.1 Å². The Bertz CT molecular complexity index is 370. The minimum absolute atomic E-state index is 0.284. The minimum atomic E-state index is -0.284. The number of benzene rings is 1. The van der Waals surface area contributed by atoms with Crippen molar-refractivity contribution in [3.8, 4) is 5.75 Å². The molecule has 0 saturated heterocycles. The zero-order valence-electron chi connectivity index (χ0n) is 12.4. The largest absolute Gasteiger partial charge is 0.494 e. The van der Waals surface area contributed by atoms with E-state index in [0.717, 1.165) is 31.6 Å². The molecule has 1 aromatic carbocycles. The molecule has 0 fully saturated rings. The fraction of sp³-hybridized carbons (Fsp3) is 0.529. The first-order valence-corrected chi connectivity index (χ1v) is 7.47. The van der Waals surface area contributed by atoms with Gasteiger partial charge in [-0.1, -0.05) is 39.5 Å². The van der Waals surface area contributed by atoms with E-state index in [-0.39, 0.29) is 5.97 Å². The lowest BCUT2D eigenvalue weighted by Crippen LogP contribution is -2.06. The predicted molar refractivity (Wildman–Crippen MR) is 81.0 cm³/mol. The van der Waals surface area contributed by atoms with Gasteiger partial charge in [0.1, 0.15) is 5.75 Å². The average Bonchev–Trinajstić information content (AvgIpc) is 2.48. The summed E-state index contributed by atoms with van der Waals surface area (Å²) in [5.74, 6) is 0.517. The molecule has 0 N–H and O–H groups in total. The summed E-state index contributed by atoms with van der Waals surface area (Å²) in [7, 11) is 0. The van der Waals surface area contributed by atoms with Crippen LogP contribution in [-0.4, -0.2) is 19.2 Å². The second-order valence-corrected chi connectivity index (χ2v) is 4.78. The zero-order chi connectivity index (χ0) is 14.6. The number of esters is 1. The molecule has 0 amide bonds. The normalized spacial score (nSPS) is 10.3. The number of hydrogen-bond acceptors (Lipinski definition) is 3. The molecule has 1 aromatic rings. The van der Waals surface area contributed by atoms with Crippen LogP contribution in [0.2, 0.25) is 0 Å². The highest BCUT2D eigenvalue weighted by Gasteiger charge is 2.06. The van der Waals surface area contributed by atoms with Gasteiger partial charge in [0.2, 0.25) is 0 Å². The Labute approximate surface area is 122 Å². The lowest BCUT2D eigenvalue weighted by atomic mass is 10.2. The van der Waals surface area contributed by atoms with Gasteiger partial charge in [-0.3, -0.25) is 0 Å². The Morgan fingerprint density at radius 2 is 1.80 bits per heavy atom. The van der Waals surface area contributed by atoms with E-state index in [1.165, 1.54) is 19.3 Å². The smallest absolute Gasteiger partial charge is 0.338 e. The van der Waals surface area contributed by atoms with Crippen LogP contribution in [0.3, 0.4) is 0 Å². The van der Waals surface area contributed by atoms with Crippen LogP contribution < -0.4 is 4.74 Å². The Hall–Kier alpha value is -1.51. The standard InChI is InChI=1S/C17H25O3/c1-3-5-7-8-14-19-16-11-9-15(10-12-16)17(18)20-13-6-4-2/h9-12H,2-8,13-14H2,1H3. The van der Waals surface area contributed by atoms with Gasteiger partial charge < -0.3 is 9.47 Å². The fourth-order valence-electron chi connectivity index (χ4n) is 1.76. The van der Waals surface area contributed by atoms with E-state index in [9.17, 15) is 4.79 Å². The van der Waals surface area contributed by atoms with Crippen LogP contribution in [0.4, 0.5) is 0 Å². The van der Waals surface area contributed by atoms with E-state index < -0.39 is 0 Å². The van der Waals surface area contributed by atoms with Gasteiger partial charge in [0, 0.05) is 0 Å². The average molecular weight is 277 g/mol. The molecule has 0 aliphatic heterocycles. The lowest BCUT2D eigenvalue weighted by molar-refractivity contribution is 0.0501. The van der Waals surface area contributed by atoms with Crippen molar-refractivity contribution in [2.45, 2.75) is 45.4 Å². The molecule has 3 nitrogen and oxygen atoms in total. The molecule has 0 aliphatic rings. The van der Waals surface area contributed by atoms with Crippen LogP contribution >= 0.6 is 0 Å². The molecule has 20 heavy (non-hydrogen) atoms. The first-order valence-electron chi connectivity index (χ1n) is 7.47. The number of carbonyl (C=O) groups is 1. The van der Waals surface area contributed by atoms with E-state index in [2.05, 4.69) is 13.8 Å². The first-order chi connectivity index (χ1) is 9.77. The molecule has 0 aliphatic carbocycles. The van der Waals surface area contributed by atoms with Crippen molar-refractivity contribution >= 4 is 5.97 Å². The maximum Gasteiger partial charge on any atom is 0.338 e. The molecule has 1 rings (SSSR count). The van der Waals surface area contributed by atoms with Crippen molar-refractivity contribution in [2.24, 2.45) is 0 Å². The molecule has 111 valence electrons. The third-order valence-electron chi connectivity index (χ3n) is 2.98. The molecular formula is C17H25O3. The van der Waals surface area contributed by atoms with Gasteiger partial charge in [0.15, 0.2) is 0 Å². The van der Waals surface area contributed by atoms with Crippen molar-refractivity contribution in [3.63, 3.8) is 0 Å². The van der Waals surface area contributed by atoms with Gasteiger partial charge >= 0.3 is 5.97 Å². The summed E-state index contributed by atoms with van der Waals surface area (Å²) < 4.78 is 10.7. The maximum absolute atomic E-state index is 11.7. The van der Waals surface area contributed by atoms with Crippen molar-refractivity contribution < 1.29 is 14.3 Å². The van der Waals surface area contributed by atoms with Crippen molar-refractivity contribution in [3.05, 3.63) is 36.8 Å². The summed E-state index contributed by atoms with van der Waals surface area (Å²) in [5.41, 5.74) is 0.562. The van der Waals surface area contributed by atoms with Gasteiger partial charge in [-0.25, -0.2) is 4.79 Å². The first kappa shape index (κ1) is 16.5. The van der Waals surface area contributed by atoms with E-state index in [1.54, 1.807) is 12.1 Å². The number of rotatable bonds is 10. The monoisotopic (exact) mass is 277 g/mol. The summed E-state index contributed by atoms with van der Waals surface area (Å²) in [4.78, 5) is 11.7. The summed E-state index contributed by atoms with van der Waals surface area (Å²) in [5, 5.41) is 0. The summed E-state index contributed by atoms with van der Waals surface area (Å²) in [6.07, 6.45) is 6.32. The molecule has 0 atom stereocenters. The Morgan fingerprint density at radius 3 is 2.45 bits per heavy atom. The summed E-state index contributed by atoms with van der Waals surface area (Å²) >= 11 is 0. The topological polar surface area (TPSA) is 35.5 Å². The maximum atomic E-state index is 11.7. The quantitative estimate of drug-likeness (QED) is 0.469. The second-order valence-electron chi connectivity index (χ2n) is 4.78. The van der Waals surface area contributed by atoms with Crippen molar-refractivity contribution in [1.29, 1.82) is 0 Å². The summed E-state index contributed by atoms with van der Waals surface area (Å²) in [6, 6.07) is 7.12. The number of hydrogen-bond donors (Lipinski definition) is 0. The number of carbonyl (C=O) groups excluding carboxylic acids is 1. The van der Waals surface area contributed by atoms with Crippen LogP contribution in [0.1, 0.15) is 55.8 Å². The molecular weight excluding hydrogens is 252 g/mol. The number of unbranched alkanes of at least 4 members (excludes halogenated alkanes) is 4. The van der Waals surface area contributed by atoms with Gasteiger partial charge in [0.25, 0.3) is 0 Å². The van der Waals surface area contributed by atoms with Crippen LogP contribution in [0.25, 0.3) is 0 Å². The third kappa shape index (κ3) is 6.60. The Morgan fingerprint density at radius 1 is 1.05 bits per heavy atom. The zero-order valence-corrected chi connectivity index (χ0v) is 12.4. The van der Waals surface area contributed by atoms with Crippen LogP contribution in [0.5, 0.6) is 5.75 Å². The van der Waals surface area contributed by atoms with E-state index >= 15 is 0 Å². The highest BCUT2D eigenvalue weighted by Crippen LogP contribution is 2.14. The van der Waals surface area contributed by atoms with Gasteiger partial charge in [-0.15, -0.1) is 0 Å². The lowest BCUT2D eigenvalue weighted by Gasteiger charge is -2.07. The SMILES string of the molecule is [CH2]CCCOC(=O)c1ccc(OCCCCCC)cc1. The van der Waals surface area contributed by atoms with Crippen LogP contribution in [0.15, 0.2) is 24.3 Å². The Balaban J connectivity index is 2.30. The Kier molecular flexibility index (Phi) is 8.52. The highest BCUT2D eigenvalue weighted by molar-refractivity contribution is 5.89. The van der Waals surface area contributed by atoms with Crippen molar-refractivity contribution in [1.82, 2.24) is 0 Å². The molecule has 1 radical (unpaired) electrons. The van der Waals surface area contributed by atoms with Crippen LogP contribution in [0, 0.1) is 6.92 Å². The van der Waals surface area contributed by atoms with E-state index in [4.69, 9.17) is 9.47 Å². The minimum Gasteiger partial charge on any atom is -0.494 e. The third-order valence-corrected chi connectivity index (χ3v) is 2.98. The van der Waals surface area contributed by atoms with Gasteiger partial charge in [0.05, 0.1) is 18.8 Å².